The Morgan fingerprint density at radius 2 is 2.12 bits per heavy atom. The van der Waals surface area contributed by atoms with Crippen LogP contribution in [0.5, 0.6) is 0 Å². The molecule has 0 unspecified atom stereocenters. The van der Waals surface area contributed by atoms with E-state index in [0.717, 1.165) is 11.1 Å². The van der Waals surface area contributed by atoms with Crippen molar-refractivity contribution in [2.24, 2.45) is 0 Å². The van der Waals surface area contributed by atoms with Crippen LogP contribution in [0.15, 0.2) is 41.7 Å². The van der Waals surface area contributed by atoms with E-state index in [1.54, 1.807) is 12.3 Å². The molecule has 3 rings (SSSR count). The second-order valence-electron chi connectivity index (χ2n) is 5.53. The molecule has 0 radical (unpaired) electrons. The molecule has 1 aromatic carbocycles. The zero-order valence-corrected chi connectivity index (χ0v) is 14.9. The number of carbonyl (C=O) groups excluding carboxylic acids is 1. The molecule has 0 saturated carbocycles. The van der Waals surface area contributed by atoms with E-state index in [9.17, 15) is 4.79 Å². The number of aryl methyl sites for hydroxylation is 1. The molecule has 1 amide bonds. The van der Waals surface area contributed by atoms with Crippen molar-refractivity contribution in [1.29, 1.82) is 0 Å². The van der Waals surface area contributed by atoms with Gasteiger partial charge in [0.1, 0.15) is 0 Å². The lowest BCUT2D eigenvalue weighted by atomic mass is 10.1. The number of benzene rings is 1. The average molecular weight is 361 g/mol. The standard InChI is InChI=1S/C17H17ClN4OS/c1-10-3-5-12(6-4-10)8-20-16(23)11(2)24-17-21-14-7-13(18)9-19-15(14)22-17/h3-7,9,11H,8H2,1-2H3,(H,20,23)(H,19,21,22)/t11-/m1/s1. The Balaban J connectivity index is 1.59. The van der Waals surface area contributed by atoms with Crippen molar-refractivity contribution < 1.29 is 4.79 Å². The summed E-state index contributed by atoms with van der Waals surface area (Å²) in [4.78, 5) is 23.9. The molecule has 0 aliphatic heterocycles. The van der Waals surface area contributed by atoms with Gasteiger partial charge in [0.25, 0.3) is 0 Å². The van der Waals surface area contributed by atoms with Gasteiger partial charge in [-0.15, -0.1) is 0 Å². The van der Waals surface area contributed by atoms with Gasteiger partial charge < -0.3 is 10.3 Å². The van der Waals surface area contributed by atoms with E-state index in [1.165, 1.54) is 17.3 Å². The lowest BCUT2D eigenvalue weighted by Gasteiger charge is -2.10. The maximum atomic E-state index is 12.2. The molecule has 124 valence electrons. The summed E-state index contributed by atoms with van der Waals surface area (Å²) in [6.45, 7) is 4.40. The van der Waals surface area contributed by atoms with Gasteiger partial charge in [-0.1, -0.05) is 53.2 Å². The van der Waals surface area contributed by atoms with E-state index >= 15 is 0 Å². The zero-order valence-electron chi connectivity index (χ0n) is 13.3. The quantitative estimate of drug-likeness (QED) is 0.680. The average Bonchev–Trinajstić information content (AvgIpc) is 2.95. The van der Waals surface area contributed by atoms with Gasteiger partial charge in [0.2, 0.25) is 5.91 Å². The van der Waals surface area contributed by atoms with Crippen LogP contribution in [-0.4, -0.2) is 26.1 Å². The Labute approximate surface area is 149 Å². The van der Waals surface area contributed by atoms with Crippen LogP contribution < -0.4 is 5.32 Å². The number of aromatic amines is 1. The summed E-state index contributed by atoms with van der Waals surface area (Å²) in [6, 6.07) is 9.87. The van der Waals surface area contributed by atoms with Crippen molar-refractivity contribution in [2.45, 2.75) is 30.8 Å². The monoisotopic (exact) mass is 360 g/mol. The molecule has 2 N–H and O–H groups in total. The van der Waals surface area contributed by atoms with Crippen LogP contribution in [0.3, 0.4) is 0 Å². The second-order valence-corrected chi connectivity index (χ2v) is 7.30. The van der Waals surface area contributed by atoms with E-state index < -0.39 is 0 Å². The first-order valence-corrected chi connectivity index (χ1v) is 8.78. The highest BCUT2D eigenvalue weighted by Crippen LogP contribution is 2.24. The van der Waals surface area contributed by atoms with Crippen LogP contribution in [0.1, 0.15) is 18.1 Å². The highest BCUT2D eigenvalue weighted by Gasteiger charge is 2.16. The number of amides is 1. The first kappa shape index (κ1) is 16.8. The third kappa shape index (κ3) is 4.07. The minimum absolute atomic E-state index is 0.0352. The predicted octanol–water partition coefficient (Wildman–Crippen LogP) is 3.72. The molecular weight excluding hydrogens is 344 g/mol. The first-order valence-electron chi connectivity index (χ1n) is 7.52. The number of aromatic nitrogens is 3. The third-order valence-corrected chi connectivity index (χ3v) is 4.72. The SMILES string of the molecule is Cc1ccc(CNC(=O)[C@@H](C)Sc2nc3ncc(Cl)cc3[nH]2)cc1. The molecule has 2 heterocycles. The Bertz CT molecular complexity index is 863. The molecule has 0 bridgehead atoms. The maximum absolute atomic E-state index is 12.2. The van der Waals surface area contributed by atoms with Crippen LogP contribution in [0.4, 0.5) is 0 Å². The fourth-order valence-corrected chi connectivity index (χ4v) is 3.16. The van der Waals surface area contributed by atoms with E-state index in [1.807, 2.05) is 38.1 Å². The van der Waals surface area contributed by atoms with Gasteiger partial charge in [-0.2, -0.15) is 0 Å². The van der Waals surface area contributed by atoms with Crippen molar-refractivity contribution in [3.05, 3.63) is 52.7 Å². The smallest absolute Gasteiger partial charge is 0.233 e. The Hall–Kier alpha value is -2.05. The summed E-state index contributed by atoms with van der Waals surface area (Å²) in [6.07, 6.45) is 1.55. The highest BCUT2D eigenvalue weighted by atomic mass is 35.5. The Morgan fingerprint density at radius 3 is 2.88 bits per heavy atom. The fraction of sp³-hybridized carbons (Fsp3) is 0.235. The van der Waals surface area contributed by atoms with E-state index in [2.05, 4.69) is 20.3 Å². The number of rotatable bonds is 5. The van der Waals surface area contributed by atoms with Crippen LogP contribution in [0, 0.1) is 6.92 Å². The molecule has 0 fully saturated rings. The van der Waals surface area contributed by atoms with Gasteiger partial charge in [-0.05, 0) is 25.5 Å². The number of carbonyl (C=O) groups is 1. The number of hydrogen-bond donors (Lipinski definition) is 2. The molecule has 24 heavy (non-hydrogen) atoms. The van der Waals surface area contributed by atoms with Gasteiger partial charge >= 0.3 is 0 Å². The molecule has 1 atom stereocenters. The summed E-state index contributed by atoms with van der Waals surface area (Å²) in [5.74, 6) is -0.0352. The number of nitrogens with one attached hydrogen (secondary N) is 2. The molecule has 0 spiro atoms. The molecule has 3 aromatic rings. The molecule has 0 aliphatic rings. The number of pyridine rings is 1. The topological polar surface area (TPSA) is 70.7 Å². The van der Waals surface area contributed by atoms with Gasteiger partial charge in [-0.25, -0.2) is 9.97 Å². The van der Waals surface area contributed by atoms with Crippen molar-refractivity contribution >= 4 is 40.4 Å². The normalized spacial score (nSPS) is 12.3. The number of thioether (sulfide) groups is 1. The zero-order chi connectivity index (χ0) is 17.1. The van der Waals surface area contributed by atoms with E-state index in [4.69, 9.17) is 11.6 Å². The number of fused-ring (bicyclic) bond motifs is 1. The maximum Gasteiger partial charge on any atom is 0.233 e. The fourth-order valence-electron chi connectivity index (χ4n) is 2.17. The summed E-state index contributed by atoms with van der Waals surface area (Å²) in [7, 11) is 0. The lowest BCUT2D eigenvalue weighted by Crippen LogP contribution is -2.30. The number of imidazole rings is 1. The number of nitrogens with zero attached hydrogens (tertiary/aromatic N) is 2. The number of H-pyrrole nitrogens is 1. The van der Waals surface area contributed by atoms with E-state index in [-0.39, 0.29) is 11.2 Å². The van der Waals surface area contributed by atoms with Gasteiger partial charge in [0.05, 0.1) is 15.8 Å². The van der Waals surface area contributed by atoms with Crippen LogP contribution in [0.25, 0.3) is 11.2 Å². The van der Waals surface area contributed by atoms with Crippen molar-refractivity contribution in [3.63, 3.8) is 0 Å². The minimum atomic E-state index is -0.272. The molecular formula is C17H17ClN4OS. The minimum Gasteiger partial charge on any atom is -0.351 e. The van der Waals surface area contributed by atoms with Crippen molar-refractivity contribution in [1.82, 2.24) is 20.3 Å². The highest BCUT2D eigenvalue weighted by molar-refractivity contribution is 8.00. The molecule has 7 heteroatoms. The van der Waals surface area contributed by atoms with Crippen molar-refractivity contribution in [3.8, 4) is 0 Å². The van der Waals surface area contributed by atoms with Crippen LogP contribution >= 0.6 is 23.4 Å². The van der Waals surface area contributed by atoms with Crippen LogP contribution in [0.2, 0.25) is 5.02 Å². The number of hydrogen-bond acceptors (Lipinski definition) is 4. The third-order valence-electron chi connectivity index (χ3n) is 3.53. The van der Waals surface area contributed by atoms with Crippen LogP contribution in [-0.2, 0) is 11.3 Å². The summed E-state index contributed by atoms with van der Waals surface area (Å²) < 4.78 is 0. The molecule has 0 aliphatic carbocycles. The lowest BCUT2D eigenvalue weighted by molar-refractivity contribution is -0.120. The summed E-state index contributed by atoms with van der Waals surface area (Å²) in [5, 5.41) is 3.87. The Morgan fingerprint density at radius 1 is 1.38 bits per heavy atom. The molecule has 5 nitrogen and oxygen atoms in total. The van der Waals surface area contributed by atoms with E-state index in [0.29, 0.717) is 22.4 Å². The Kier molecular flexibility index (Phi) is 5.06. The van der Waals surface area contributed by atoms with Gasteiger partial charge in [-0.3, -0.25) is 4.79 Å². The second kappa shape index (κ2) is 7.23. The van der Waals surface area contributed by atoms with Gasteiger partial charge in [0.15, 0.2) is 10.8 Å². The predicted molar refractivity (Wildman–Crippen MR) is 97.2 cm³/mol. The first-order chi connectivity index (χ1) is 11.5. The number of halogens is 1. The summed E-state index contributed by atoms with van der Waals surface area (Å²) >= 11 is 7.27. The van der Waals surface area contributed by atoms with Gasteiger partial charge in [0, 0.05) is 12.7 Å². The molecule has 2 aromatic heterocycles. The molecule has 0 saturated heterocycles. The largest absolute Gasteiger partial charge is 0.351 e. The summed E-state index contributed by atoms with van der Waals surface area (Å²) in [5.41, 5.74) is 3.63. The van der Waals surface area contributed by atoms with Crippen molar-refractivity contribution in [2.75, 3.05) is 0 Å².